The third kappa shape index (κ3) is 8.11. The minimum atomic E-state index is -0.894. The molecule has 7 nitrogen and oxygen atoms in total. The second-order valence-electron chi connectivity index (χ2n) is 8.47. The van der Waals surface area contributed by atoms with Crippen LogP contribution in [0.5, 0.6) is 5.75 Å². The van der Waals surface area contributed by atoms with E-state index < -0.39 is 24.0 Å². The monoisotopic (exact) mass is 593 g/mol. The van der Waals surface area contributed by atoms with Crippen molar-refractivity contribution in [1.29, 1.82) is 0 Å². The molecule has 3 rings (SSSR count). The van der Waals surface area contributed by atoms with E-state index in [0.29, 0.717) is 28.7 Å². The highest BCUT2D eigenvalue weighted by atomic mass is 79.9. The summed E-state index contributed by atoms with van der Waals surface area (Å²) in [6.07, 6.45) is 0.925. The summed E-state index contributed by atoms with van der Waals surface area (Å²) in [7, 11) is 0. The standard InChI is InChI=1S/C26H26BrCl2N3O4/c1-15(2)12-22(31-25(33)16(3)35-24-10-8-19(28)13-21(24)29)26(34)32-30-14-20-9-11-23(36-20)17-4-6-18(27)7-5-17/h4-11,13-16,22H,12H2,1-3H3,(H,31,33)(H,32,34)/b30-14-/t16-,22-/m1/s1. The Bertz CT molecular complexity index is 1230. The van der Waals surface area contributed by atoms with Gasteiger partial charge in [-0.05, 0) is 61.7 Å². The zero-order chi connectivity index (χ0) is 26.2. The molecule has 2 N–H and O–H groups in total. The number of carbonyl (C=O) groups is 2. The summed E-state index contributed by atoms with van der Waals surface area (Å²) in [6.45, 7) is 5.48. The van der Waals surface area contributed by atoms with Crippen molar-refractivity contribution in [2.24, 2.45) is 11.0 Å². The molecule has 36 heavy (non-hydrogen) atoms. The van der Waals surface area contributed by atoms with Crippen LogP contribution in [0.4, 0.5) is 0 Å². The molecule has 0 aliphatic heterocycles. The van der Waals surface area contributed by atoms with Gasteiger partial charge in [0.2, 0.25) is 0 Å². The van der Waals surface area contributed by atoms with Crippen LogP contribution >= 0.6 is 39.1 Å². The maximum absolute atomic E-state index is 12.8. The maximum Gasteiger partial charge on any atom is 0.262 e. The fourth-order valence-corrected chi connectivity index (χ4v) is 3.95. The third-order valence-electron chi connectivity index (χ3n) is 5.03. The third-order valence-corrected chi connectivity index (χ3v) is 6.09. The SMILES string of the molecule is CC(C)C[C@@H](NC(=O)[C@@H](C)Oc1ccc(Cl)cc1Cl)C(=O)N/N=C\c1ccc(-c2ccc(Br)cc2)o1. The summed E-state index contributed by atoms with van der Waals surface area (Å²) in [5, 5.41) is 7.47. The summed E-state index contributed by atoms with van der Waals surface area (Å²) in [6, 6.07) is 15.2. The van der Waals surface area contributed by atoms with Gasteiger partial charge in [0.05, 0.1) is 11.2 Å². The number of halogens is 3. The minimum absolute atomic E-state index is 0.144. The highest BCUT2D eigenvalue weighted by molar-refractivity contribution is 9.10. The van der Waals surface area contributed by atoms with Crippen molar-refractivity contribution < 1.29 is 18.7 Å². The second kappa shape index (κ2) is 12.9. The molecular weight excluding hydrogens is 569 g/mol. The molecule has 190 valence electrons. The number of carbonyl (C=O) groups excluding carboxylic acids is 2. The first-order valence-corrected chi connectivity index (χ1v) is 12.8. The molecule has 0 fully saturated rings. The second-order valence-corrected chi connectivity index (χ2v) is 10.2. The van der Waals surface area contributed by atoms with Crippen molar-refractivity contribution in [3.05, 3.63) is 74.9 Å². The van der Waals surface area contributed by atoms with Crippen LogP contribution in [0.15, 0.2) is 68.6 Å². The number of ether oxygens (including phenoxy) is 1. The van der Waals surface area contributed by atoms with Gasteiger partial charge in [-0.1, -0.05) is 65.1 Å². The lowest BCUT2D eigenvalue weighted by molar-refractivity contribution is -0.132. The average molecular weight is 595 g/mol. The van der Waals surface area contributed by atoms with E-state index in [1.54, 1.807) is 25.1 Å². The lowest BCUT2D eigenvalue weighted by Gasteiger charge is -2.22. The van der Waals surface area contributed by atoms with Crippen molar-refractivity contribution >= 4 is 57.2 Å². The van der Waals surface area contributed by atoms with Crippen molar-refractivity contribution in [2.75, 3.05) is 0 Å². The Morgan fingerprint density at radius 2 is 1.78 bits per heavy atom. The van der Waals surface area contributed by atoms with Crippen molar-refractivity contribution in [1.82, 2.24) is 10.7 Å². The number of nitrogens with zero attached hydrogens (tertiary/aromatic N) is 1. The van der Waals surface area contributed by atoms with E-state index >= 15 is 0 Å². The molecule has 0 bridgehead atoms. The molecule has 1 aromatic heterocycles. The van der Waals surface area contributed by atoms with Crippen LogP contribution in [0.2, 0.25) is 10.0 Å². The molecule has 2 atom stereocenters. The van der Waals surface area contributed by atoms with Crippen LogP contribution in [0.1, 0.15) is 33.0 Å². The number of furan rings is 1. The normalized spacial score (nSPS) is 13.0. The average Bonchev–Trinajstić information content (AvgIpc) is 3.29. The van der Waals surface area contributed by atoms with Crippen molar-refractivity contribution in [2.45, 2.75) is 39.3 Å². The Hall–Kier alpha value is -2.81. The first kappa shape index (κ1) is 27.8. The Morgan fingerprint density at radius 3 is 2.44 bits per heavy atom. The van der Waals surface area contributed by atoms with Gasteiger partial charge >= 0.3 is 0 Å². The van der Waals surface area contributed by atoms with Crippen LogP contribution in [0.3, 0.4) is 0 Å². The van der Waals surface area contributed by atoms with Crippen molar-refractivity contribution in [3.63, 3.8) is 0 Å². The molecular formula is C26H26BrCl2N3O4. The van der Waals surface area contributed by atoms with Crippen LogP contribution in [-0.4, -0.2) is 30.2 Å². The van der Waals surface area contributed by atoms with E-state index in [1.807, 2.05) is 44.2 Å². The van der Waals surface area contributed by atoms with Crippen molar-refractivity contribution in [3.8, 4) is 17.1 Å². The smallest absolute Gasteiger partial charge is 0.262 e. The number of hydrazone groups is 1. The molecule has 2 aromatic carbocycles. The number of hydrogen-bond donors (Lipinski definition) is 2. The maximum atomic E-state index is 12.8. The first-order chi connectivity index (χ1) is 17.1. The molecule has 0 radical (unpaired) electrons. The predicted octanol–water partition coefficient (Wildman–Crippen LogP) is 6.46. The van der Waals surface area contributed by atoms with Gasteiger partial charge in [0, 0.05) is 15.1 Å². The molecule has 0 unspecified atom stereocenters. The van der Waals surface area contributed by atoms with Gasteiger partial charge in [0.1, 0.15) is 23.3 Å². The Labute approximate surface area is 228 Å². The summed E-state index contributed by atoms with van der Waals surface area (Å²) in [4.78, 5) is 25.5. The fraction of sp³-hybridized carbons (Fsp3) is 0.269. The van der Waals surface area contributed by atoms with Gasteiger partial charge in [-0.25, -0.2) is 5.43 Å². The molecule has 3 aromatic rings. The summed E-state index contributed by atoms with van der Waals surface area (Å²) < 4.78 is 12.4. The van der Waals surface area contributed by atoms with E-state index in [4.69, 9.17) is 32.4 Å². The van der Waals surface area contributed by atoms with Gasteiger partial charge in [-0.2, -0.15) is 5.10 Å². The first-order valence-electron chi connectivity index (χ1n) is 11.2. The number of nitrogens with one attached hydrogen (secondary N) is 2. The van der Waals surface area contributed by atoms with Crippen LogP contribution < -0.4 is 15.5 Å². The quantitative estimate of drug-likeness (QED) is 0.208. The van der Waals surface area contributed by atoms with E-state index in [1.165, 1.54) is 12.3 Å². The number of rotatable bonds is 10. The molecule has 2 amide bonds. The fourth-order valence-electron chi connectivity index (χ4n) is 3.24. The molecule has 0 aliphatic rings. The molecule has 0 saturated carbocycles. The number of benzene rings is 2. The summed E-state index contributed by atoms with van der Waals surface area (Å²) in [5.41, 5.74) is 3.39. The zero-order valence-electron chi connectivity index (χ0n) is 19.9. The largest absolute Gasteiger partial charge is 0.479 e. The Kier molecular flexibility index (Phi) is 9.98. The Balaban J connectivity index is 1.59. The van der Waals surface area contributed by atoms with E-state index in [-0.39, 0.29) is 10.9 Å². The zero-order valence-corrected chi connectivity index (χ0v) is 23.0. The molecule has 0 aliphatic carbocycles. The highest BCUT2D eigenvalue weighted by Crippen LogP contribution is 2.28. The van der Waals surface area contributed by atoms with Gasteiger partial charge in [-0.3, -0.25) is 9.59 Å². The van der Waals surface area contributed by atoms with E-state index in [0.717, 1.165) is 10.0 Å². The van der Waals surface area contributed by atoms with Crippen LogP contribution in [0.25, 0.3) is 11.3 Å². The van der Waals surface area contributed by atoms with Gasteiger partial charge in [0.25, 0.3) is 11.8 Å². The minimum Gasteiger partial charge on any atom is -0.479 e. The molecule has 0 spiro atoms. The number of amides is 2. The molecule has 1 heterocycles. The van der Waals surface area contributed by atoms with Crippen LogP contribution in [0, 0.1) is 5.92 Å². The topological polar surface area (TPSA) is 92.9 Å². The van der Waals surface area contributed by atoms with E-state index in [2.05, 4.69) is 31.8 Å². The van der Waals surface area contributed by atoms with Crippen LogP contribution in [-0.2, 0) is 9.59 Å². The summed E-state index contributed by atoms with van der Waals surface area (Å²) in [5.74, 6) is 0.694. The Morgan fingerprint density at radius 1 is 1.06 bits per heavy atom. The van der Waals surface area contributed by atoms with E-state index in [9.17, 15) is 9.59 Å². The number of hydrogen-bond acceptors (Lipinski definition) is 5. The molecule has 0 saturated heterocycles. The lowest BCUT2D eigenvalue weighted by atomic mass is 10.0. The van der Waals surface area contributed by atoms with Gasteiger partial charge in [0.15, 0.2) is 6.10 Å². The molecule has 10 heteroatoms. The van der Waals surface area contributed by atoms with Gasteiger partial charge in [-0.15, -0.1) is 0 Å². The summed E-state index contributed by atoms with van der Waals surface area (Å²) >= 11 is 15.4. The van der Waals surface area contributed by atoms with Gasteiger partial charge < -0.3 is 14.5 Å². The lowest BCUT2D eigenvalue weighted by Crippen LogP contribution is -2.49. The predicted molar refractivity (Wildman–Crippen MR) is 146 cm³/mol. The highest BCUT2D eigenvalue weighted by Gasteiger charge is 2.25.